The topological polar surface area (TPSA) is 46.3 Å². The largest absolute Gasteiger partial charge is 0.339 e. The van der Waals surface area contributed by atoms with Crippen molar-refractivity contribution in [2.24, 2.45) is 17.6 Å². The van der Waals surface area contributed by atoms with Gasteiger partial charge in [0.15, 0.2) is 0 Å². The van der Waals surface area contributed by atoms with Gasteiger partial charge in [-0.1, -0.05) is 35.3 Å². The van der Waals surface area contributed by atoms with Gasteiger partial charge in [0.1, 0.15) is 0 Å². The molecule has 21 heavy (non-hydrogen) atoms. The summed E-state index contributed by atoms with van der Waals surface area (Å²) in [4.78, 5) is 14.7. The van der Waals surface area contributed by atoms with Crippen LogP contribution in [0.3, 0.4) is 0 Å². The van der Waals surface area contributed by atoms with Crippen molar-refractivity contribution in [3.63, 3.8) is 0 Å². The van der Waals surface area contributed by atoms with Crippen LogP contribution in [-0.4, -0.2) is 29.9 Å². The van der Waals surface area contributed by atoms with Crippen molar-refractivity contribution in [2.75, 3.05) is 13.1 Å². The Hall–Kier alpha value is -0.770. The minimum Gasteiger partial charge on any atom is -0.339 e. The predicted molar refractivity (Wildman–Crippen MR) is 85.6 cm³/mol. The van der Waals surface area contributed by atoms with Crippen molar-refractivity contribution in [2.45, 2.75) is 31.7 Å². The fourth-order valence-electron chi connectivity index (χ4n) is 3.45. The molecule has 0 aromatic heterocycles. The molecule has 1 amide bonds. The van der Waals surface area contributed by atoms with Crippen LogP contribution >= 0.6 is 23.2 Å². The van der Waals surface area contributed by atoms with Crippen LogP contribution in [0.5, 0.6) is 0 Å². The monoisotopic (exact) mass is 326 g/mol. The van der Waals surface area contributed by atoms with E-state index in [1.54, 1.807) is 6.07 Å². The van der Waals surface area contributed by atoms with Crippen LogP contribution in [0.1, 0.15) is 31.2 Å². The first-order chi connectivity index (χ1) is 10.0. The summed E-state index contributed by atoms with van der Waals surface area (Å²) in [7, 11) is 0. The lowest BCUT2D eigenvalue weighted by Crippen LogP contribution is -2.35. The molecule has 4 atom stereocenters. The van der Waals surface area contributed by atoms with Gasteiger partial charge in [-0.3, -0.25) is 4.79 Å². The van der Waals surface area contributed by atoms with Gasteiger partial charge in [0.25, 0.3) is 0 Å². The van der Waals surface area contributed by atoms with Gasteiger partial charge in [-0.15, -0.1) is 0 Å². The summed E-state index contributed by atoms with van der Waals surface area (Å²) >= 11 is 12.3. The molecule has 1 saturated carbocycles. The zero-order chi connectivity index (χ0) is 15.1. The molecule has 3 nitrogen and oxygen atoms in total. The highest BCUT2D eigenvalue weighted by Gasteiger charge is 2.48. The van der Waals surface area contributed by atoms with Crippen LogP contribution in [0.15, 0.2) is 18.2 Å². The molecule has 4 unspecified atom stereocenters. The predicted octanol–water partition coefficient (Wildman–Crippen LogP) is 3.29. The second-order valence-corrected chi connectivity index (χ2v) is 7.05. The number of nitrogens with zero attached hydrogens (tertiary/aromatic N) is 1. The normalized spacial score (nSPS) is 31.5. The Morgan fingerprint density at radius 2 is 2.14 bits per heavy atom. The number of benzene rings is 1. The smallest absolute Gasteiger partial charge is 0.226 e. The minimum absolute atomic E-state index is 0.0555. The van der Waals surface area contributed by atoms with E-state index in [4.69, 9.17) is 28.9 Å². The molecule has 0 bridgehead atoms. The zero-order valence-corrected chi connectivity index (χ0v) is 13.6. The third kappa shape index (κ3) is 2.79. The van der Waals surface area contributed by atoms with Gasteiger partial charge in [0, 0.05) is 18.5 Å². The standard InChI is InChI=1S/C16H20Cl2N2O/c1-9-5-10(7-19)8-20(9)16(21)13-6-12(13)11-3-2-4-14(17)15(11)18/h2-4,9-10,12-13H,5-8,19H2,1H3. The summed E-state index contributed by atoms with van der Waals surface area (Å²) in [6, 6.07) is 5.94. The first kappa shape index (κ1) is 15.1. The maximum absolute atomic E-state index is 12.7. The molecule has 114 valence electrons. The third-order valence-corrected chi connectivity index (χ3v) is 5.60. The Labute approximate surface area is 135 Å². The van der Waals surface area contributed by atoms with E-state index < -0.39 is 0 Å². The van der Waals surface area contributed by atoms with E-state index in [2.05, 4.69) is 6.92 Å². The number of rotatable bonds is 3. The van der Waals surface area contributed by atoms with Crippen LogP contribution < -0.4 is 5.73 Å². The average Bonchev–Trinajstić information content (AvgIpc) is 3.17. The highest BCUT2D eigenvalue weighted by atomic mass is 35.5. The summed E-state index contributed by atoms with van der Waals surface area (Å²) in [5.41, 5.74) is 6.74. The molecule has 2 N–H and O–H groups in total. The molecule has 0 radical (unpaired) electrons. The van der Waals surface area contributed by atoms with E-state index in [0.717, 1.165) is 24.9 Å². The van der Waals surface area contributed by atoms with Crippen LogP contribution in [0.4, 0.5) is 0 Å². The molecule has 5 heteroatoms. The van der Waals surface area contributed by atoms with Gasteiger partial charge in [0.05, 0.1) is 10.0 Å². The van der Waals surface area contributed by atoms with Gasteiger partial charge in [0.2, 0.25) is 5.91 Å². The first-order valence-electron chi connectivity index (χ1n) is 7.47. The Balaban J connectivity index is 1.70. The Kier molecular flexibility index (Phi) is 4.17. The molecule has 0 spiro atoms. The number of carbonyl (C=O) groups excluding carboxylic acids is 1. The second-order valence-electron chi connectivity index (χ2n) is 6.27. The van der Waals surface area contributed by atoms with Gasteiger partial charge in [-0.25, -0.2) is 0 Å². The van der Waals surface area contributed by atoms with Gasteiger partial charge in [-0.2, -0.15) is 0 Å². The number of nitrogens with two attached hydrogens (primary N) is 1. The van der Waals surface area contributed by atoms with Crippen LogP contribution in [-0.2, 0) is 4.79 Å². The molecule has 1 aromatic carbocycles. The lowest BCUT2D eigenvalue weighted by molar-refractivity contribution is -0.133. The molecular formula is C16H20Cl2N2O. The van der Waals surface area contributed by atoms with Crippen LogP contribution in [0.25, 0.3) is 0 Å². The third-order valence-electron chi connectivity index (χ3n) is 4.77. The van der Waals surface area contributed by atoms with E-state index in [-0.39, 0.29) is 17.7 Å². The maximum atomic E-state index is 12.7. The molecule has 1 aromatic rings. The molecule has 1 aliphatic heterocycles. The highest BCUT2D eigenvalue weighted by molar-refractivity contribution is 6.42. The lowest BCUT2D eigenvalue weighted by Gasteiger charge is -2.21. The SMILES string of the molecule is CC1CC(CN)CN1C(=O)C1CC1c1cccc(Cl)c1Cl. The first-order valence-corrected chi connectivity index (χ1v) is 8.23. The van der Waals surface area contributed by atoms with Crippen LogP contribution in [0, 0.1) is 11.8 Å². The Morgan fingerprint density at radius 3 is 2.81 bits per heavy atom. The fourth-order valence-corrected chi connectivity index (χ4v) is 3.90. The van der Waals surface area contributed by atoms with Crippen molar-refractivity contribution < 1.29 is 4.79 Å². The zero-order valence-electron chi connectivity index (χ0n) is 12.1. The van der Waals surface area contributed by atoms with Gasteiger partial charge >= 0.3 is 0 Å². The van der Waals surface area contributed by atoms with E-state index >= 15 is 0 Å². The van der Waals surface area contributed by atoms with Crippen molar-refractivity contribution in [1.82, 2.24) is 4.90 Å². The quantitative estimate of drug-likeness (QED) is 0.926. The van der Waals surface area contributed by atoms with E-state index in [1.165, 1.54) is 0 Å². The van der Waals surface area contributed by atoms with Crippen molar-refractivity contribution in [3.8, 4) is 0 Å². The maximum Gasteiger partial charge on any atom is 0.226 e. The van der Waals surface area contributed by atoms with Gasteiger partial charge < -0.3 is 10.6 Å². The summed E-state index contributed by atoms with van der Waals surface area (Å²) < 4.78 is 0. The molecule has 1 saturated heterocycles. The summed E-state index contributed by atoms with van der Waals surface area (Å²) in [6.07, 6.45) is 1.88. The summed E-state index contributed by atoms with van der Waals surface area (Å²) in [5.74, 6) is 0.961. The fraction of sp³-hybridized carbons (Fsp3) is 0.562. The second kappa shape index (κ2) is 5.79. The van der Waals surface area contributed by atoms with Crippen molar-refractivity contribution in [1.29, 1.82) is 0 Å². The Morgan fingerprint density at radius 1 is 1.38 bits per heavy atom. The highest BCUT2D eigenvalue weighted by Crippen LogP contribution is 2.52. The number of carbonyl (C=O) groups is 1. The lowest BCUT2D eigenvalue weighted by atomic mass is 10.1. The number of hydrogen-bond donors (Lipinski definition) is 1. The molecule has 1 heterocycles. The molecule has 2 fully saturated rings. The number of hydrogen-bond acceptors (Lipinski definition) is 2. The molecular weight excluding hydrogens is 307 g/mol. The van der Waals surface area contributed by atoms with Crippen LogP contribution in [0.2, 0.25) is 10.0 Å². The van der Waals surface area contributed by atoms with E-state index in [1.807, 2.05) is 17.0 Å². The molecule has 1 aliphatic carbocycles. The van der Waals surface area contributed by atoms with E-state index in [0.29, 0.717) is 28.5 Å². The number of amides is 1. The summed E-state index contributed by atoms with van der Waals surface area (Å²) in [6.45, 7) is 3.56. The van der Waals surface area contributed by atoms with E-state index in [9.17, 15) is 4.79 Å². The van der Waals surface area contributed by atoms with Crippen molar-refractivity contribution in [3.05, 3.63) is 33.8 Å². The minimum atomic E-state index is 0.0555. The number of halogens is 2. The number of likely N-dealkylation sites (tertiary alicyclic amines) is 1. The Bertz CT molecular complexity index is 563. The molecule has 2 aliphatic rings. The van der Waals surface area contributed by atoms with Crippen molar-refractivity contribution >= 4 is 29.1 Å². The van der Waals surface area contributed by atoms with Gasteiger partial charge in [-0.05, 0) is 49.8 Å². The average molecular weight is 327 g/mol. The summed E-state index contributed by atoms with van der Waals surface area (Å²) in [5, 5.41) is 1.15. The molecule has 3 rings (SSSR count).